The van der Waals surface area contributed by atoms with Gasteiger partial charge in [0.15, 0.2) is 0 Å². The highest BCUT2D eigenvalue weighted by Gasteiger charge is 2.34. The number of hydrogen-bond donors (Lipinski definition) is 1. The molecule has 3 aromatic rings. The fourth-order valence-electron chi connectivity index (χ4n) is 3.46. The Kier molecular flexibility index (Phi) is 4.77. The summed E-state index contributed by atoms with van der Waals surface area (Å²) in [7, 11) is 0. The number of hydrogen-bond acceptors (Lipinski definition) is 3. The van der Waals surface area contributed by atoms with E-state index in [1.54, 1.807) is 11.3 Å². The number of benzene rings is 2. The van der Waals surface area contributed by atoms with Crippen molar-refractivity contribution in [1.82, 2.24) is 4.90 Å². The van der Waals surface area contributed by atoms with Gasteiger partial charge in [-0.2, -0.15) is 0 Å². The summed E-state index contributed by atoms with van der Waals surface area (Å²) in [4.78, 5) is 28.5. The van der Waals surface area contributed by atoms with Crippen LogP contribution in [0.15, 0.2) is 66.0 Å². The van der Waals surface area contributed by atoms with E-state index in [1.165, 1.54) is 0 Å². The predicted molar refractivity (Wildman–Crippen MR) is 108 cm³/mol. The normalized spacial score (nSPS) is 14.1. The first kappa shape index (κ1) is 17.5. The lowest BCUT2D eigenvalue weighted by atomic mass is 10.1. The van der Waals surface area contributed by atoms with Crippen molar-refractivity contribution in [2.45, 2.75) is 25.9 Å². The van der Waals surface area contributed by atoms with E-state index in [2.05, 4.69) is 5.32 Å². The topological polar surface area (TPSA) is 49.4 Å². The van der Waals surface area contributed by atoms with Crippen molar-refractivity contribution in [1.29, 1.82) is 0 Å². The Morgan fingerprint density at radius 1 is 1.11 bits per heavy atom. The van der Waals surface area contributed by atoms with Gasteiger partial charge in [-0.15, -0.1) is 11.3 Å². The van der Waals surface area contributed by atoms with Crippen LogP contribution in [0, 0.1) is 6.92 Å². The average molecular weight is 376 g/mol. The summed E-state index contributed by atoms with van der Waals surface area (Å²) in [5.74, 6) is -0.0980. The van der Waals surface area contributed by atoms with Gasteiger partial charge in [-0.25, -0.2) is 0 Å². The summed E-state index contributed by atoms with van der Waals surface area (Å²) in [6.07, 6.45) is 0.231. The average Bonchev–Trinajstić information content (AvgIpc) is 3.31. The summed E-state index contributed by atoms with van der Waals surface area (Å²) in [6.45, 7) is 2.50. The molecular weight excluding hydrogens is 356 g/mol. The van der Waals surface area contributed by atoms with Gasteiger partial charge < -0.3 is 10.2 Å². The van der Waals surface area contributed by atoms with Crippen LogP contribution < -0.4 is 5.32 Å². The molecule has 1 aliphatic rings. The Balaban J connectivity index is 1.57. The van der Waals surface area contributed by atoms with Gasteiger partial charge in [0.2, 0.25) is 5.91 Å². The molecule has 0 radical (unpaired) electrons. The third kappa shape index (κ3) is 3.51. The molecule has 1 aromatic heterocycles. The first-order chi connectivity index (χ1) is 13.1. The summed E-state index contributed by atoms with van der Waals surface area (Å²) in [5, 5.41) is 4.97. The van der Waals surface area contributed by atoms with Crippen molar-refractivity contribution < 1.29 is 9.59 Å². The molecule has 0 saturated carbocycles. The number of amides is 2. The van der Waals surface area contributed by atoms with E-state index in [4.69, 9.17) is 0 Å². The molecule has 2 amide bonds. The number of carbonyl (C=O) groups is 2. The second-order valence-electron chi connectivity index (χ2n) is 6.69. The second-order valence-corrected chi connectivity index (χ2v) is 7.67. The molecule has 1 atom stereocenters. The number of para-hydroxylation sites is 1. The lowest BCUT2D eigenvalue weighted by molar-refractivity contribution is -0.117. The SMILES string of the molecule is Cc1ccccc1NC(=O)C[C@H](c1cccs1)N1Cc2ccccc2C1=O. The molecule has 27 heavy (non-hydrogen) atoms. The van der Waals surface area contributed by atoms with Crippen LogP contribution in [0.1, 0.15) is 38.8 Å². The number of aryl methyl sites for hydroxylation is 1. The number of fused-ring (bicyclic) bond motifs is 1. The van der Waals surface area contributed by atoms with Crippen molar-refractivity contribution in [3.05, 3.63) is 87.6 Å². The van der Waals surface area contributed by atoms with Gasteiger partial charge in [-0.05, 0) is 41.6 Å². The highest BCUT2D eigenvalue weighted by molar-refractivity contribution is 7.10. The number of rotatable bonds is 5. The minimum atomic E-state index is -0.270. The van der Waals surface area contributed by atoms with Crippen molar-refractivity contribution in [3.63, 3.8) is 0 Å². The highest BCUT2D eigenvalue weighted by atomic mass is 32.1. The monoisotopic (exact) mass is 376 g/mol. The van der Waals surface area contributed by atoms with Crippen LogP contribution >= 0.6 is 11.3 Å². The zero-order valence-corrected chi connectivity index (χ0v) is 15.8. The van der Waals surface area contributed by atoms with Gasteiger partial charge in [0.05, 0.1) is 12.5 Å². The Bertz CT molecular complexity index is 981. The van der Waals surface area contributed by atoms with E-state index in [0.717, 1.165) is 27.3 Å². The Morgan fingerprint density at radius 3 is 2.63 bits per heavy atom. The second kappa shape index (κ2) is 7.37. The van der Waals surface area contributed by atoms with E-state index in [0.29, 0.717) is 6.54 Å². The van der Waals surface area contributed by atoms with Gasteiger partial charge >= 0.3 is 0 Å². The van der Waals surface area contributed by atoms with E-state index >= 15 is 0 Å². The molecular formula is C22H20N2O2S. The highest BCUT2D eigenvalue weighted by Crippen LogP contribution is 2.35. The minimum absolute atomic E-state index is 0.00677. The number of thiophene rings is 1. The van der Waals surface area contributed by atoms with Crippen molar-refractivity contribution in [3.8, 4) is 0 Å². The summed E-state index contributed by atoms with van der Waals surface area (Å²) >= 11 is 1.58. The first-order valence-corrected chi connectivity index (χ1v) is 9.79. The Labute approximate surface area is 162 Å². The molecule has 2 aromatic carbocycles. The van der Waals surface area contributed by atoms with Crippen LogP contribution in [0.4, 0.5) is 5.69 Å². The number of nitrogens with zero attached hydrogens (tertiary/aromatic N) is 1. The molecule has 0 saturated heterocycles. The fraction of sp³-hybridized carbons (Fsp3) is 0.182. The summed E-state index contributed by atoms with van der Waals surface area (Å²) in [6, 6.07) is 19.0. The molecule has 0 bridgehead atoms. The van der Waals surface area contributed by atoms with E-state index in [9.17, 15) is 9.59 Å². The molecule has 4 rings (SSSR count). The molecule has 0 fully saturated rings. The van der Waals surface area contributed by atoms with Gasteiger partial charge in [0, 0.05) is 22.7 Å². The maximum Gasteiger partial charge on any atom is 0.255 e. The number of nitrogens with one attached hydrogen (secondary N) is 1. The lowest BCUT2D eigenvalue weighted by Crippen LogP contribution is -2.31. The van der Waals surface area contributed by atoms with Crippen LogP contribution in [0.2, 0.25) is 0 Å². The van der Waals surface area contributed by atoms with Crippen LogP contribution in [0.5, 0.6) is 0 Å². The maximum atomic E-state index is 12.9. The van der Waals surface area contributed by atoms with Crippen molar-refractivity contribution >= 4 is 28.8 Å². The van der Waals surface area contributed by atoms with Crippen LogP contribution in [-0.2, 0) is 11.3 Å². The Hall–Kier alpha value is -2.92. The smallest absolute Gasteiger partial charge is 0.255 e. The predicted octanol–water partition coefficient (Wildman–Crippen LogP) is 4.78. The summed E-state index contributed by atoms with van der Waals surface area (Å²) < 4.78 is 0. The zero-order valence-electron chi connectivity index (χ0n) is 15.0. The third-order valence-electron chi connectivity index (χ3n) is 4.90. The molecule has 0 aliphatic carbocycles. The largest absolute Gasteiger partial charge is 0.326 e. The number of anilines is 1. The molecule has 136 valence electrons. The van der Waals surface area contributed by atoms with Crippen LogP contribution in [0.3, 0.4) is 0 Å². The first-order valence-electron chi connectivity index (χ1n) is 8.91. The molecule has 0 unspecified atom stereocenters. The van der Waals surface area contributed by atoms with E-state index < -0.39 is 0 Å². The summed E-state index contributed by atoms with van der Waals surface area (Å²) in [5.41, 5.74) is 3.58. The van der Waals surface area contributed by atoms with E-state index in [1.807, 2.05) is 77.9 Å². The van der Waals surface area contributed by atoms with Gasteiger partial charge in [-0.3, -0.25) is 9.59 Å². The van der Waals surface area contributed by atoms with Crippen LogP contribution in [-0.4, -0.2) is 16.7 Å². The molecule has 0 spiro atoms. The minimum Gasteiger partial charge on any atom is -0.326 e. The maximum absolute atomic E-state index is 12.9. The number of carbonyl (C=O) groups excluding carboxylic acids is 2. The van der Waals surface area contributed by atoms with Crippen LogP contribution in [0.25, 0.3) is 0 Å². The van der Waals surface area contributed by atoms with E-state index in [-0.39, 0.29) is 24.3 Å². The molecule has 4 nitrogen and oxygen atoms in total. The van der Waals surface area contributed by atoms with Crippen molar-refractivity contribution in [2.75, 3.05) is 5.32 Å². The Morgan fingerprint density at radius 2 is 1.89 bits per heavy atom. The molecule has 5 heteroatoms. The zero-order chi connectivity index (χ0) is 18.8. The quantitative estimate of drug-likeness (QED) is 0.696. The van der Waals surface area contributed by atoms with Gasteiger partial charge in [0.25, 0.3) is 5.91 Å². The van der Waals surface area contributed by atoms with Gasteiger partial charge in [-0.1, -0.05) is 42.5 Å². The molecule has 2 heterocycles. The molecule has 1 aliphatic heterocycles. The van der Waals surface area contributed by atoms with Crippen molar-refractivity contribution in [2.24, 2.45) is 0 Å². The third-order valence-corrected chi connectivity index (χ3v) is 5.87. The lowest BCUT2D eigenvalue weighted by Gasteiger charge is -2.27. The molecule has 1 N–H and O–H groups in total. The standard InChI is InChI=1S/C22H20N2O2S/c1-15-7-2-5-10-18(15)23-21(25)13-19(20-11-6-12-27-20)24-14-16-8-3-4-9-17(16)22(24)26/h2-12,19H,13-14H2,1H3,(H,23,25)/t19-/m1/s1. The van der Waals surface area contributed by atoms with Gasteiger partial charge in [0.1, 0.15) is 0 Å². The fourth-order valence-corrected chi connectivity index (χ4v) is 4.30.